The van der Waals surface area contributed by atoms with Crippen LogP contribution < -0.4 is 10.6 Å². The molecule has 0 spiro atoms. The maximum Gasteiger partial charge on any atom is 0.134 e. The molecular formula is C11H20N4O2. The van der Waals surface area contributed by atoms with Crippen LogP contribution in [0.25, 0.3) is 0 Å². The Morgan fingerprint density at radius 1 is 1.18 bits per heavy atom. The molecule has 1 heterocycles. The summed E-state index contributed by atoms with van der Waals surface area (Å²) in [5.74, 6) is 1.30. The SMILES string of the molecule is COCCCN(CCOC)c1cc(N)ncn1. The number of nitrogen functional groups attached to an aromatic ring is 1. The van der Waals surface area contributed by atoms with Gasteiger partial charge in [-0.15, -0.1) is 0 Å². The Morgan fingerprint density at radius 3 is 2.59 bits per heavy atom. The van der Waals surface area contributed by atoms with Crippen molar-refractivity contribution in [3.8, 4) is 0 Å². The third kappa shape index (κ3) is 4.97. The second kappa shape index (κ2) is 7.81. The molecular weight excluding hydrogens is 220 g/mol. The molecule has 17 heavy (non-hydrogen) atoms. The topological polar surface area (TPSA) is 73.5 Å². The predicted octanol–water partition coefficient (Wildman–Crippen LogP) is 0.548. The normalized spacial score (nSPS) is 10.5. The molecule has 6 nitrogen and oxygen atoms in total. The van der Waals surface area contributed by atoms with Gasteiger partial charge in [-0.05, 0) is 6.42 Å². The van der Waals surface area contributed by atoms with Gasteiger partial charge in [-0.3, -0.25) is 0 Å². The van der Waals surface area contributed by atoms with E-state index < -0.39 is 0 Å². The smallest absolute Gasteiger partial charge is 0.134 e. The number of nitrogens with zero attached hydrogens (tertiary/aromatic N) is 3. The molecule has 0 saturated carbocycles. The average molecular weight is 240 g/mol. The molecule has 96 valence electrons. The molecule has 1 aromatic rings. The van der Waals surface area contributed by atoms with Gasteiger partial charge in [-0.25, -0.2) is 9.97 Å². The summed E-state index contributed by atoms with van der Waals surface area (Å²) in [7, 11) is 3.38. The van der Waals surface area contributed by atoms with Crippen molar-refractivity contribution in [1.29, 1.82) is 0 Å². The zero-order chi connectivity index (χ0) is 12.5. The first-order chi connectivity index (χ1) is 8.27. The van der Waals surface area contributed by atoms with E-state index in [9.17, 15) is 0 Å². The van der Waals surface area contributed by atoms with Crippen molar-refractivity contribution in [2.24, 2.45) is 0 Å². The minimum atomic E-state index is 0.476. The van der Waals surface area contributed by atoms with E-state index in [1.165, 1.54) is 6.33 Å². The van der Waals surface area contributed by atoms with E-state index in [-0.39, 0.29) is 0 Å². The van der Waals surface area contributed by atoms with E-state index in [4.69, 9.17) is 15.2 Å². The van der Waals surface area contributed by atoms with Gasteiger partial charge in [-0.1, -0.05) is 0 Å². The summed E-state index contributed by atoms with van der Waals surface area (Å²) in [5, 5.41) is 0. The number of nitrogens with two attached hydrogens (primary N) is 1. The van der Waals surface area contributed by atoms with E-state index in [1.54, 1.807) is 20.3 Å². The molecule has 0 bridgehead atoms. The van der Waals surface area contributed by atoms with Crippen LogP contribution in [0.4, 0.5) is 11.6 Å². The third-order valence-electron chi connectivity index (χ3n) is 2.34. The van der Waals surface area contributed by atoms with Crippen LogP contribution in [0.15, 0.2) is 12.4 Å². The fourth-order valence-corrected chi connectivity index (χ4v) is 1.48. The first-order valence-electron chi connectivity index (χ1n) is 5.58. The van der Waals surface area contributed by atoms with E-state index in [2.05, 4.69) is 14.9 Å². The number of hydrogen-bond donors (Lipinski definition) is 1. The monoisotopic (exact) mass is 240 g/mol. The summed E-state index contributed by atoms with van der Waals surface area (Å²) >= 11 is 0. The molecule has 0 atom stereocenters. The average Bonchev–Trinajstić information content (AvgIpc) is 2.33. The van der Waals surface area contributed by atoms with Gasteiger partial charge in [0.25, 0.3) is 0 Å². The molecule has 0 aliphatic carbocycles. The number of hydrogen-bond acceptors (Lipinski definition) is 6. The fourth-order valence-electron chi connectivity index (χ4n) is 1.48. The minimum Gasteiger partial charge on any atom is -0.385 e. The summed E-state index contributed by atoms with van der Waals surface area (Å²) in [4.78, 5) is 10.2. The van der Waals surface area contributed by atoms with Gasteiger partial charge in [-0.2, -0.15) is 0 Å². The first-order valence-corrected chi connectivity index (χ1v) is 5.58. The maximum absolute atomic E-state index is 5.65. The molecule has 0 aromatic carbocycles. The second-order valence-electron chi connectivity index (χ2n) is 3.63. The number of methoxy groups -OCH3 is 2. The van der Waals surface area contributed by atoms with Crippen molar-refractivity contribution in [1.82, 2.24) is 9.97 Å². The Morgan fingerprint density at radius 2 is 1.94 bits per heavy atom. The van der Waals surface area contributed by atoms with Crippen molar-refractivity contribution >= 4 is 11.6 Å². The van der Waals surface area contributed by atoms with Crippen molar-refractivity contribution in [3.05, 3.63) is 12.4 Å². The highest BCUT2D eigenvalue weighted by Crippen LogP contribution is 2.12. The van der Waals surface area contributed by atoms with E-state index in [0.29, 0.717) is 12.4 Å². The van der Waals surface area contributed by atoms with Gasteiger partial charge < -0.3 is 20.1 Å². The molecule has 0 aliphatic heterocycles. The Kier molecular flexibility index (Phi) is 6.27. The molecule has 0 fully saturated rings. The maximum atomic E-state index is 5.65. The van der Waals surface area contributed by atoms with Crippen LogP contribution in [0, 0.1) is 0 Å². The van der Waals surface area contributed by atoms with Crippen LogP contribution >= 0.6 is 0 Å². The lowest BCUT2D eigenvalue weighted by molar-refractivity contribution is 0.191. The molecule has 0 radical (unpaired) electrons. The second-order valence-corrected chi connectivity index (χ2v) is 3.63. The summed E-state index contributed by atoms with van der Waals surface area (Å²) in [6.45, 7) is 3.01. The lowest BCUT2D eigenvalue weighted by atomic mass is 10.3. The Balaban J connectivity index is 2.60. The highest BCUT2D eigenvalue weighted by atomic mass is 16.5. The number of ether oxygens (including phenoxy) is 2. The van der Waals surface area contributed by atoms with Crippen molar-refractivity contribution < 1.29 is 9.47 Å². The largest absolute Gasteiger partial charge is 0.385 e. The van der Waals surface area contributed by atoms with Crippen LogP contribution in [0.1, 0.15) is 6.42 Å². The Labute approximate surface area is 102 Å². The molecule has 1 rings (SSSR count). The molecule has 6 heteroatoms. The van der Waals surface area contributed by atoms with Gasteiger partial charge in [0.1, 0.15) is 18.0 Å². The lowest BCUT2D eigenvalue weighted by Crippen LogP contribution is -2.29. The summed E-state index contributed by atoms with van der Waals surface area (Å²) in [5.41, 5.74) is 5.65. The Hall–Kier alpha value is -1.40. The summed E-state index contributed by atoms with van der Waals surface area (Å²) < 4.78 is 10.1. The van der Waals surface area contributed by atoms with Crippen LogP contribution in [-0.2, 0) is 9.47 Å². The fraction of sp³-hybridized carbons (Fsp3) is 0.636. The molecule has 0 saturated heterocycles. The highest BCUT2D eigenvalue weighted by molar-refractivity contribution is 5.45. The zero-order valence-corrected chi connectivity index (χ0v) is 10.4. The standard InChI is InChI=1S/C11H20N4O2/c1-16-6-3-4-15(5-7-17-2)11-8-10(12)13-9-14-11/h8-9H,3-7H2,1-2H3,(H2,12,13,14). The molecule has 2 N–H and O–H groups in total. The van der Waals surface area contributed by atoms with E-state index >= 15 is 0 Å². The van der Waals surface area contributed by atoms with E-state index in [0.717, 1.165) is 31.9 Å². The summed E-state index contributed by atoms with van der Waals surface area (Å²) in [6.07, 6.45) is 2.41. The summed E-state index contributed by atoms with van der Waals surface area (Å²) in [6, 6.07) is 1.77. The first kappa shape index (κ1) is 13.7. The molecule has 0 aliphatic rings. The van der Waals surface area contributed by atoms with Crippen molar-refractivity contribution in [2.75, 3.05) is 51.2 Å². The van der Waals surface area contributed by atoms with Gasteiger partial charge in [0.15, 0.2) is 0 Å². The van der Waals surface area contributed by atoms with Gasteiger partial charge >= 0.3 is 0 Å². The van der Waals surface area contributed by atoms with Crippen molar-refractivity contribution in [2.45, 2.75) is 6.42 Å². The molecule has 0 amide bonds. The lowest BCUT2D eigenvalue weighted by Gasteiger charge is -2.23. The van der Waals surface area contributed by atoms with Crippen LogP contribution in [-0.4, -0.2) is 50.5 Å². The minimum absolute atomic E-state index is 0.476. The van der Waals surface area contributed by atoms with E-state index in [1.807, 2.05) is 0 Å². The van der Waals surface area contributed by atoms with Crippen LogP contribution in [0.3, 0.4) is 0 Å². The Bertz CT molecular complexity index is 322. The van der Waals surface area contributed by atoms with Crippen LogP contribution in [0.2, 0.25) is 0 Å². The van der Waals surface area contributed by atoms with Gasteiger partial charge in [0.05, 0.1) is 6.61 Å². The molecule has 1 aromatic heterocycles. The zero-order valence-electron chi connectivity index (χ0n) is 10.4. The third-order valence-corrected chi connectivity index (χ3v) is 2.34. The highest BCUT2D eigenvalue weighted by Gasteiger charge is 2.07. The number of anilines is 2. The van der Waals surface area contributed by atoms with Crippen LogP contribution in [0.5, 0.6) is 0 Å². The predicted molar refractivity (Wildman–Crippen MR) is 67.0 cm³/mol. The van der Waals surface area contributed by atoms with Crippen molar-refractivity contribution in [3.63, 3.8) is 0 Å². The number of aromatic nitrogens is 2. The quantitative estimate of drug-likeness (QED) is 0.669. The molecule has 0 unspecified atom stereocenters. The van der Waals surface area contributed by atoms with Gasteiger partial charge in [0.2, 0.25) is 0 Å². The van der Waals surface area contributed by atoms with Gasteiger partial charge in [0, 0.05) is 40.0 Å². The number of rotatable bonds is 8.